The Morgan fingerprint density at radius 1 is 0.968 bits per heavy atom. The van der Waals surface area contributed by atoms with Crippen molar-refractivity contribution in [1.82, 2.24) is 19.4 Å². The van der Waals surface area contributed by atoms with Crippen LogP contribution in [0.1, 0.15) is 5.69 Å². The average molecular weight is 484 g/mol. The van der Waals surface area contributed by atoms with Crippen molar-refractivity contribution in [3.05, 3.63) is 63.1 Å². The van der Waals surface area contributed by atoms with Crippen LogP contribution < -0.4 is 21.1 Å². The minimum Gasteiger partial charge on any atom is -0.369 e. The molecule has 162 valence electrons. The summed E-state index contributed by atoms with van der Waals surface area (Å²) in [6, 6.07) is 11.9. The topological polar surface area (TPSA) is 78.3 Å². The molecule has 0 unspecified atom stereocenters. The van der Waals surface area contributed by atoms with Gasteiger partial charge in [0, 0.05) is 56.5 Å². The quantitative estimate of drug-likeness (QED) is 0.574. The van der Waals surface area contributed by atoms with Gasteiger partial charge in [-0.2, -0.15) is 4.98 Å². The summed E-state index contributed by atoms with van der Waals surface area (Å²) in [4.78, 5) is 26.1. The zero-order chi connectivity index (χ0) is 22.0. The van der Waals surface area contributed by atoms with Crippen LogP contribution >= 0.6 is 15.9 Å². The molecule has 0 spiro atoms. The highest BCUT2D eigenvalue weighted by molar-refractivity contribution is 9.10. The summed E-state index contributed by atoms with van der Waals surface area (Å²) < 4.78 is 2.27. The Balaban J connectivity index is 1.48. The van der Waals surface area contributed by atoms with E-state index in [4.69, 9.17) is 0 Å². The van der Waals surface area contributed by atoms with Crippen LogP contribution in [-0.2, 0) is 7.05 Å². The highest BCUT2D eigenvalue weighted by Crippen LogP contribution is 2.25. The second kappa shape index (κ2) is 9.07. The highest BCUT2D eigenvalue weighted by Gasteiger charge is 2.14. The number of hydrogen-bond donors (Lipinski definition) is 2. The van der Waals surface area contributed by atoms with E-state index in [1.807, 2.05) is 25.1 Å². The lowest BCUT2D eigenvalue weighted by atomic mass is 10.2. The van der Waals surface area contributed by atoms with Gasteiger partial charge in [0.1, 0.15) is 5.69 Å². The SMILES string of the molecule is Cc1ccc(Nc2nc(Nc3ccc(N4CCN(C)CC4)cc3)ncc2Br)c(=O)n1C. The first kappa shape index (κ1) is 21.3. The molecule has 8 nitrogen and oxygen atoms in total. The lowest BCUT2D eigenvalue weighted by Gasteiger charge is -2.34. The maximum Gasteiger partial charge on any atom is 0.274 e. The molecule has 4 rings (SSSR count). The molecule has 9 heteroatoms. The number of aromatic nitrogens is 3. The van der Waals surface area contributed by atoms with Crippen molar-refractivity contribution < 1.29 is 0 Å². The van der Waals surface area contributed by atoms with E-state index in [0.29, 0.717) is 21.9 Å². The predicted molar refractivity (Wildman–Crippen MR) is 129 cm³/mol. The fraction of sp³-hybridized carbons (Fsp3) is 0.318. The molecule has 0 aliphatic carbocycles. The van der Waals surface area contributed by atoms with E-state index in [9.17, 15) is 4.79 Å². The summed E-state index contributed by atoms with van der Waals surface area (Å²) in [6.45, 7) is 6.11. The number of pyridine rings is 1. The van der Waals surface area contributed by atoms with Gasteiger partial charge in [-0.25, -0.2) is 4.98 Å². The van der Waals surface area contributed by atoms with Gasteiger partial charge in [-0.05, 0) is 66.3 Å². The average Bonchev–Trinajstić information content (AvgIpc) is 2.77. The van der Waals surface area contributed by atoms with Gasteiger partial charge in [-0.3, -0.25) is 4.79 Å². The van der Waals surface area contributed by atoms with E-state index in [0.717, 1.165) is 37.6 Å². The van der Waals surface area contributed by atoms with Crippen LogP contribution in [-0.4, -0.2) is 52.7 Å². The van der Waals surface area contributed by atoms with Gasteiger partial charge in [0.2, 0.25) is 5.95 Å². The van der Waals surface area contributed by atoms with Crippen molar-refractivity contribution in [1.29, 1.82) is 0 Å². The molecule has 2 aromatic heterocycles. The van der Waals surface area contributed by atoms with Crippen molar-refractivity contribution in [3.63, 3.8) is 0 Å². The Kier molecular flexibility index (Phi) is 6.24. The number of nitrogens with zero attached hydrogens (tertiary/aromatic N) is 5. The normalized spacial score (nSPS) is 14.5. The summed E-state index contributed by atoms with van der Waals surface area (Å²) in [5, 5.41) is 6.34. The van der Waals surface area contributed by atoms with Crippen LogP contribution in [0.5, 0.6) is 0 Å². The Morgan fingerprint density at radius 2 is 1.68 bits per heavy atom. The molecule has 1 aliphatic heterocycles. The minimum absolute atomic E-state index is 0.112. The molecule has 2 N–H and O–H groups in total. The number of piperazine rings is 1. The molecular weight excluding hydrogens is 458 g/mol. The third-order valence-electron chi connectivity index (χ3n) is 5.54. The summed E-state index contributed by atoms with van der Waals surface area (Å²) >= 11 is 3.46. The summed E-state index contributed by atoms with van der Waals surface area (Å²) in [7, 11) is 3.90. The van der Waals surface area contributed by atoms with E-state index >= 15 is 0 Å². The first-order valence-electron chi connectivity index (χ1n) is 10.2. The smallest absolute Gasteiger partial charge is 0.274 e. The van der Waals surface area contributed by atoms with E-state index in [1.165, 1.54) is 5.69 Å². The molecular formula is C22H26BrN7O. The van der Waals surface area contributed by atoms with Gasteiger partial charge >= 0.3 is 0 Å². The van der Waals surface area contributed by atoms with Crippen molar-refractivity contribution in [2.75, 3.05) is 48.8 Å². The van der Waals surface area contributed by atoms with Crippen molar-refractivity contribution in [2.24, 2.45) is 7.05 Å². The molecule has 31 heavy (non-hydrogen) atoms. The standard InChI is InChI=1S/C22H26BrN7O/c1-15-4-9-19(21(31)29(15)3)26-20-18(23)14-24-22(27-20)25-16-5-7-17(8-6-16)30-12-10-28(2)11-13-30/h4-9,14H,10-13H2,1-3H3,(H2,24,25,26,27). The minimum atomic E-state index is -0.112. The molecule has 0 saturated carbocycles. The highest BCUT2D eigenvalue weighted by atomic mass is 79.9. The lowest BCUT2D eigenvalue weighted by Crippen LogP contribution is -2.44. The first-order valence-corrected chi connectivity index (χ1v) is 11.0. The molecule has 1 aromatic carbocycles. The number of hydrogen-bond acceptors (Lipinski definition) is 7. The Bertz CT molecular complexity index is 1120. The summed E-state index contributed by atoms with van der Waals surface area (Å²) in [5.74, 6) is 0.967. The molecule has 1 aliphatic rings. The van der Waals surface area contributed by atoms with Crippen LogP contribution in [0.2, 0.25) is 0 Å². The second-order valence-corrected chi connectivity index (χ2v) is 8.58. The van der Waals surface area contributed by atoms with Gasteiger partial charge in [0.05, 0.1) is 4.47 Å². The Hall–Kier alpha value is -2.91. The van der Waals surface area contributed by atoms with Gasteiger partial charge < -0.3 is 25.0 Å². The monoisotopic (exact) mass is 483 g/mol. The number of likely N-dealkylation sites (N-methyl/N-ethyl adjacent to an activating group) is 1. The number of benzene rings is 1. The third kappa shape index (κ3) is 4.88. The molecule has 1 saturated heterocycles. The van der Waals surface area contributed by atoms with Crippen LogP contribution in [0.3, 0.4) is 0 Å². The molecule has 0 amide bonds. The van der Waals surface area contributed by atoms with Crippen LogP contribution in [0.4, 0.5) is 28.8 Å². The Morgan fingerprint density at radius 3 is 2.39 bits per heavy atom. The van der Waals surface area contributed by atoms with Gasteiger partial charge in [-0.15, -0.1) is 0 Å². The van der Waals surface area contributed by atoms with Gasteiger partial charge in [0.25, 0.3) is 5.56 Å². The van der Waals surface area contributed by atoms with Crippen molar-refractivity contribution >= 4 is 44.8 Å². The molecule has 0 radical (unpaired) electrons. The van der Waals surface area contributed by atoms with Crippen molar-refractivity contribution in [3.8, 4) is 0 Å². The predicted octanol–water partition coefficient (Wildman–Crippen LogP) is 3.49. The number of rotatable bonds is 5. The second-order valence-electron chi connectivity index (χ2n) is 7.73. The third-order valence-corrected chi connectivity index (χ3v) is 6.12. The van der Waals surface area contributed by atoms with Gasteiger partial charge in [0.15, 0.2) is 5.82 Å². The molecule has 3 heterocycles. The first-order chi connectivity index (χ1) is 14.9. The molecule has 3 aromatic rings. The fourth-order valence-corrected chi connectivity index (χ4v) is 3.71. The van der Waals surface area contributed by atoms with E-state index in [-0.39, 0.29) is 5.56 Å². The largest absolute Gasteiger partial charge is 0.369 e. The summed E-state index contributed by atoms with van der Waals surface area (Å²) in [5.41, 5.74) is 3.35. The van der Waals surface area contributed by atoms with Crippen LogP contribution in [0.25, 0.3) is 0 Å². The maximum absolute atomic E-state index is 12.5. The summed E-state index contributed by atoms with van der Waals surface area (Å²) in [6.07, 6.45) is 1.66. The molecule has 1 fully saturated rings. The van der Waals surface area contributed by atoms with E-state index in [2.05, 4.69) is 65.5 Å². The van der Waals surface area contributed by atoms with Crippen molar-refractivity contribution in [2.45, 2.75) is 6.92 Å². The fourth-order valence-electron chi connectivity index (χ4n) is 3.41. The zero-order valence-corrected chi connectivity index (χ0v) is 19.5. The maximum atomic E-state index is 12.5. The lowest BCUT2D eigenvalue weighted by molar-refractivity contribution is 0.313. The number of halogens is 1. The number of nitrogens with one attached hydrogen (secondary N) is 2. The number of aryl methyl sites for hydroxylation is 1. The van der Waals surface area contributed by atoms with Gasteiger partial charge in [-0.1, -0.05) is 0 Å². The molecule has 0 atom stereocenters. The van der Waals surface area contributed by atoms with Crippen LogP contribution in [0, 0.1) is 6.92 Å². The zero-order valence-electron chi connectivity index (χ0n) is 17.9. The van der Waals surface area contributed by atoms with E-state index in [1.54, 1.807) is 23.9 Å². The number of anilines is 5. The van der Waals surface area contributed by atoms with Crippen LogP contribution in [0.15, 0.2) is 51.9 Å². The Labute approximate surface area is 190 Å². The van der Waals surface area contributed by atoms with E-state index < -0.39 is 0 Å². The molecule has 0 bridgehead atoms.